The van der Waals surface area contributed by atoms with Crippen LogP contribution in [0.25, 0.3) is 0 Å². The molecule has 0 amide bonds. The van der Waals surface area contributed by atoms with Crippen LogP contribution in [-0.2, 0) is 11.8 Å². The van der Waals surface area contributed by atoms with Gasteiger partial charge in [0.25, 0.3) is 0 Å². The lowest BCUT2D eigenvalue weighted by Gasteiger charge is -2.28. The standard InChI is InChI=1S/C10H15ClNPS/c1-3-12(4-2)13(11,14)10-8-6-5-7-9-10/h5-9H,3-4H2,1-2H3. The van der Waals surface area contributed by atoms with Crippen LogP contribution in [0.2, 0.25) is 0 Å². The van der Waals surface area contributed by atoms with E-state index >= 15 is 0 Å². The van der Waals surface area contributed by atoms with Gasteiger partial charge in [0.1, 0.15) is 5.54 Å². The van der Waals surface area contributed by atoms with E-state index in [9.17, 15) is 0 Å². The van der Waals surface area contributed by atoms with Crippen LogP contribution in [0, 0.1) is 0 Å². The summed E-state index contributed by atoms with van der Waals surface area (Å²) in [6.45, 7) is 6.00. The molecule has 0 heterocycles. The van der Waals surface area contributed by atoms with Gasteiger partial charge in [-0.15, -0.1) is 0 Å². The number of benzene rings is 1. The van der Waals surface area contributed by atoms with Crippen LogP contribution in [0.15, 0.2) is 30.3 Å². The minimum atomic E-state index is -2.02. The highest BCUT2D eigenvalue weighted by Gasteiger charge is 2.22. The molecule has 0 aromatic heterocycles. The maximum Gasteiger partial charge on any atom is 0.127 e. The summed E-state index contributed by atoms with van der Waals surface area (Å²) in [5, 5.41) is 1.08. The molecule has 0 N–H and O–H groups in total. The van der Waals surface area contributed by atoms with Crippen molar-refractivity contribution >= 4 is 33.9 Å². The van der Waals surface area contributed by atoms with E-state index in [-0.39, 0.29) is 0 Å². The van der Waals surface area contributed by atoms with Crippen molar-refractivity contribution in [2.75, 3.05) is 13.1 Å². The number of hydrogen-bond acceptors (Lipinski definition) is 1. The molecule has 0 aliphatic heterocycles. The van der Waals surface area contributed by atoms with E-state index in [0.717, 1.165) is 18.4 Å². The van der Waals surface area contributed by atoms with Crippen LogP contribution < -0.4 is 5.30 Å². The van der Waals surface area contributed by atoms with Gasteiger partial charge in [-0.1, -0.05) is 67.2 Å². The Hall–Kier alpha value is 0.120. The van der Waals surface area contributed by atoms with Gasteiger partial charge in [0.15, 0.2) is 0 Å². The third-order valence-corrected chi connectivity index (χ3v) is 6.95. The van der Waals surface area contributed by atoms with Crippen molar-refractivity contribution in [3.8, 4) is 0 Å². The first-order chi connectivity index (χ1) is 6.62. The van der Waals surface area contributed by atoms with Crippen molar-refractivity contribution in [3.63, 3.8) is 0 Å². The molecule has 1 unspecified atom stereocenters. The number of hydrogen-bond donors (Lipinski definition) is 0. The van der Waals surface area contributed by atoms with Crippen LogP contribution in [-0.4, -0.2) is 17.8 Å². The van der Waals surface area contributed by atoms with Crippen molar-refractivity contribution in [1.29, 1.82) is 0 Å². The van der Waals surface area contributed by atoms with Crippen LogP contribution in [0.3, 0.4) is 0 Å². The average Bonchev–Trinajstić information content (AvgIpc) is 2.20. The average molecular weight is 248 g/mol. The highest BCUT2D eigenvalue weighted by molar-refractivity contribution is 8.29. The molecule has 1 aromatic carbocycles. The molecule has 4 heteroatoms. The van der Waals surface area contributed by atoms with Crippen molar-refractivity contribution < 1.29 is 0 Å². The van der Waals surface area contributed by atoms with Gasteiger partial charge in [-0.3, -0.25) is 4.67 Å². The summed E-state index contributed by atoms with van der Waals surface area (Å²) < 4.78 is 2.17. The van der Waals surface area contributed by atoms with E-state index in [0.29, 0.717) is 0 Å². The molecule has 0 bridgehead atoms. The van der Waals surface area contributed by atoms with E-state index in [1.165, 1.54) is 0 Å². The Morgan fingerprint density at radius 1 is 1.21 bits per heavy atom. The lowest BCUT2D eigenvalue weighted by atomic mass is 10.4. The number of nitrogens with zero attached hydrogens (tertiary/aromatic N) is 1. The molecule has 1 atom stereocenters. The topological polar surface area (TPSA) is 3.24 Å². The molecule has 0 fully saturated rings. The smallest absolute Gasteiger partial charge is 0.127 e. The van der Waals surface area contributed by atoms with E-state index in [2.05, 4.69) is 18.5 Å². The van der Waals surface area contributed by atoms with Gasteiger partial charge in [0.05, 0.1) is 0 Å². The first-order valence-corrected chi connectivity index (χ1v) is 8.39. The molecule has 1 aromatic rings. The Bertz CT molecular complexity index is 324. The van der Waals surface area contributed by atoms with E-state index in [4.69, 9.17) is 23.0 Å². The highest BCUT2D eigenvalue weighted by Crippen LogP contribution is 2.53. The van der Waals surface area contributed by atoms with Crippen LogP contribution >= 0.6 is 16.8 Å². The summed E-state index contributed by atoms with van der Waals surface area (Å²) >= 11 is 12.0. The lowest BCUT2D eigenvalue weighted by Crippen LogP contribution is -2.22. The molecular weight excluding hydrogens is 233 g/mol. The molecule has 78 valence electrons. The fourth-order valence-corrected chi connectivity index (χ4v) is 4.99. The van der Waals surface area contributed by atoms with E-state index in [1.54, 1.807) is 0 Å². The van der Waals surface area contributed by atoms with Crippen LogP contribution in [0.5, 0.6) is 0 Å². The minimum Gasteiger partial charge on any atom is -0.261 e. The van der Waals surface area contributed by atoms with Gasteiger partial charge in [0, 0.05) is 18.4 Å². The first kappa shape index (κ1) is 12.2. The summed E-state index contributed by atoms with van der Waals surface area (Å²) in [7, 11) is 0. The zero-order valence-corrected chi connectivity index (χ0v) is 10.9. The maximum absolute atomic E-state index is 6.48. The largest absolute Gasteiger partial charge is 0.261 e. The SMILES string of the molecule is CCN(CC)P(=S)(Cl)c1ccccc1. The Balaban J connectivity index is 3.01. The quantitative estimate of drug-likeness (QED) is 0.752. The Labute approximate surface area is 95.9 Å². The molecular formula is C10H15ClNPS. The van der Waals surface area contributed by atoms with Crippen molar-refractivity contribution in [2.45, 2.75) is 13.8 Å². The van der Waals surface area contributed by atoms with Gasteiger partial charge in [-0.25, -0.2) is 0 Å². The molecule has 0 aliphatic rings. The van der Waals surface area contributed by atoms with E-state index in [1.807, 2.05) is 30.3 Å². The van der Waals surface area contributed by atoms with Crippen molar-refractivity contribution in [3.05, 3.63) is 30.3 Å². The molecule has 0 saturated heterocycles. The number of rotatable bonds is 4. The lowest BCUT2D eigenvalue weighted by molar-refractivity contribution is 0.515. The fraction of sp³-hybridized carbons (Fsp3) is 0.400. The fourth-order valence-electron chi connectivity index (χ4n) is 1.36. The Morgan fingerprint density at radius 3 is 2.14 bits per heavy atom. The summed E-state index contributed by atoms with van der Waals surface area (Å²) in [5.74, 6) is 0. The van der Waals surface area contributed by atoms with Crippen molar-refractivity contribution in [2.24, 2.45) is 0 Å². The summed E-state index contributed by atoms with van der Waals surface area (Å²) in [4.78, 5) is 0. The number of halogens is 1. The molecule has 0 aliphatic carbocycles. The highest BCUT2D eigenvalue weighted by atomic mass is 35.7. The Morgan fingerprint density at radius 2 is 1.71 bits per heavy atom. The summed E-state index contributed by atoms with van der Waals surface area (Å²) in [6.07, 6.45) is 0. The van der Waals surface area contributed by atoms with Gasteiger partial charge >= 0.3 is 0 Å². The molecule has 0 spiro atoms. The summed E-state index contributed by atoms with van der Waals surface area (Å²) in [5.41, 5.74) is -2.02. The molecule has 1 rings (SSSR count). The second-order valence-electron chi connectivity index (χ2n) is 2.98. The summed E-state index contributed by atoms with van der Waals surface area (Å²) in [6, 6.07) is 10.0. The second-order valence-corrected chi connectivity index (χ2v) is 8.72. The predicted octanol–water partition coefficient (Wildman–Crippen LogP) is 3.20. The maximum atomic E-state index is 6.48. The van der Waals surface area contributed by atoms with Crippen LogP contribution in [0.1, 0.15) is 13.8 Å². The molecule has 0 saturated carbocycles. The second kappa shape index (κ2) is 5.27. The zero-order chi connectivity index (χ0) is 10.6. The Kier molecular flexibility index (Phi) is 4.59. The molecule has 1 nitrogen and oxygen atoms in total. The van der Waals surface area contributed by atoms with Gasteiger partial charge < -0.3 is 0 Å². The van der Waals surface area contributed by atoms with Gasteiger partial charge in [-0.2, -0.15) is 0 Å². The van der Waals surface area contributed by atoms with Gasteiger partial charge in [0.2, 0.25) is 0 Å². The molecule has 14 heavy (non-hydrogen) atoms. The third kappa shape index (κ3) is 2.58. The third-order valence-electron chi connectivity index (χ3n) is 2.17. The van der Waals surface area contributed by atoms with Gasteiger partial charge in [-0.05, 0) is 0 Å². The molecule has 0 radical (unpaired) electrons. The van der Waals surface area contributed by atoms with E-state index < -0.39 is 5.54 Å². The van der Waals surface area contributed by atoms with Crippen molar-refractivity contribution in [1.82, 2.24) is 4.67 Å². The monoisotopic (exact) mass is 247 g/mol. The predicted molar refractivity (Wildman–Crippen MR) is 69.1 cm³/mol. The first-order valence-electron chi connectivity index (χ1n) is 4.73. The van der Waals surface area contributed by atoms with Crippen LogP contribution in [0.4, 0.5) is 0 Å². The zero-order valence-electron chi connectivity index (χ0n) is 8.48. The minimum absolute atomic E-state index is 0.909. The normalized spacial score (nSPS) is 15.4.